The van der Waals surface area contributed by atoms with Crippen LogP contribution in [0.1, 0.15) is 66.1 Å². The molecule has 1 aliphatic rings. The van der Waals surface area contributed by atoms with Crippen LogP contribution < -0.4 is 4.72 Å². The summed E-state index contributed by atoms with van der Waals surface area (Å²) >= 11 is 5.99. The largest absolute Gasteiger partial charge is 0.444 e. The lowest BCUT2D eigenvalue weighted by molar-refractivity contribution is 0.0171. The zero-order valence-corrected chi connectivity index (χ0v) is 19.2. The molecule has 2 heterocycles. The first-order chi connectivity index (χ1) is 12.9. The molecule has 0 bridgehead atoms. The van der Waals surface area contributed by atoms with Crippen molar-refractivity contribution in [3.05, 3.63) is 29.0 Å². The molecule has 28 heavy (non-hydrogen) atoms. The maximum atomic E-state index is 12.7. The predicted molar refractivity (Wildman–Crippen MR) is 114 cm³/mol. The third-order valence-electron chi connectivity index (χ3n) is 4.52. The van der Waals surface area contributed by atoms with Gasteiger partial charge < -0.3 is 9.64 Å². The van der Waals surface area contributed by atoms with E-state index in [9.17, 15) is 9.00 Å². The molecule has 1 amide bonds. The molecule has 1 aliphatic heterocycles. The van der Waals surface area contributed by atoms with Crippen molar-refractivity contribution in [2.45, 2.75) is 70.8 Å². The van der Waals surface area contributed by atoms with E-state index < -0.39 is 16.6 Å². The maximum absolute atomic E-state index is 12.7. The lowest BCUT2D eigenvalue weighted by Gasteiger charge is -2.37. The predicted octanol–water partition coefficient (Wildman–Crippen LogP) is 4.48. The van der Waals surface area contributed by atoms with Crippen molar-refractivity contribution in [3.8, 4) is 0 Å². The number of carbonyl (C=O) groups is 1. The number of ether oxygens (including phenoxy) is 1. The van der Waals surface area contributed by atoms with E-state index in [0.717, 1.165) is 18.5 Å². The molecule has 1 saturated heterocycles. The highest BCUT2D eigenvalue weighted by Crippen LogP contribution is 2.32. The van der Waals surface area contributed by atoms with Crippen LogP contribution in [0.2, 0.25) is 5.02 Å². The third-order valence-corrected chi connectivity index (χ3v) is 6.33. The van der Waals surface area contributed by atoms with Crippen molar-refractivity contribution in [2.24, 2.45) is 5.92 Å². The molecule has 0 aliphatic carbocycles. The molecular formula is C20H32ClN3O3S. The Hall–Kier alpha value is -1.18. The molecule has 2 rings (SSSR count). The van der Waals surface area contributed by atoms with Crippen molar-refractivity contribution in [1.29, 1.82) is 0 Å². The van der Waals surface area contributed by atoms with E-state index in [1.165, 1.54) is 0 Å². The van der Waals surface area contributed by atoms with E-state index in [0.29, 0.717) is 18.1 Å². The number of likely N-dealkylation sites (tertiary alicyclic amines) is 1. The van der Waals surface area contributed by atoms with Gasteiger partial charge in [-0.15, -0.1) is 0 Å². The number of rotatable bonds is 4. The van der Waals surface area contributed by atoms with Gasteiger partial charge in [-0.1, -0.05) is 11.6 Å². The van der Waals surface area contributed by atoms with E-state index in [1.807, 2.05) is 47.6 Å². The van der Waals surface area contributed by atoms with Gasteiger partial charge in [-0.2, -0.15) is 0 Å². The first-order valence-corrected chi connectivity index (χ1v) is 11.2. The molecule has 0 spiro atoms. The number of aromatic nitrogens is 1. The van der Waals surface area contributed by atoms with Crippen LogP contribution in [0.5, 0.6) is 0 Å². The summed E-state index contributed by atoms with van der Waals surface area (Å²) in [5, 5.41) is 0.569. The number of hydrogen-bond donors (Lipinski definition) is 1. The molecule has 1 aromatic rings. The quantitative estimate of drug-likeness (QED) is 0.766. The van der Waals surface area contributed by atoms with Gasteiger partial charge in [-0.25, -0.2) is 13.7 Å². The molecule has 8 heteroatoms. The Morgan fingerprint density at radius 2 is 1.86 bits per heavy atom. The SMILES string of the molecule is CC(C)(C)OC(=O)N1CCC([C@H](N[S@@](=O)C(C)(C)C)c2ccc(Cl)cn2)CC1. The first kappa shape index (κ1) is 23.1. The molecule has 2 atom stereocenters. The number of pyridine rings is 1. The Bertz CT molecular complexity index is 690. The van der Waals surface area contributed by atoms with E-state index >= 15 is 0 Å². The Balaban J connectivity index is 2.11. The molecular weight excluding hydrogens is 398 g/mol. The van der Waals surface area contributed by atoms with Gasteiger partial charge in [0, 0.05) is 19.3 Å². The van der Waals surface area contributed by atoms with Crippen molar-refractivity contribution in [2.75, 3.05) is 13.1 Å². The molecule has 1 N–H and O–H groups in total. The lowest BCUT2D eigenvalue weighted by Crippen LogP contribution is -2.45. The second kappa shape index (κ2) is 9.09. The second-order valence-corrected chi connectivity index (χ2v) is 11.6. The van der Waals surface area contributed by atoms with Crippen LogP contribution in [0.15, 0.2) is 18.3 Å². The molecule has 1 aromatic heterocycles. The molecule has 158 valence electrons. The van der Waals surface area contributed by atoms with Crippen LogP contribution in [0.4, 0.5) is 4.79 Å². The minimum atomic E-state index is -1.23. The zero-order chi connectivity index (χ0) is 21.1. The number of halogens is 1. The second-order valence-electron chi connectivity index (χ2n) is 9.18. The molecule has 0 radical (unpaired) electrons. The summed E-state index contributed by atoms with van der Waals surface area (Å²) < 4.78 is 21.1. The average Bonchev–Trinajstić information content (AvgIpc) is 2.58. The molecule has 6 nitrogen and oxygen atoms in total. The van der Waals surface area contributed by atoms with Crippen LogP contribution in [0.3, 0.4) is 0 Å². The Labute approximate surface area is 176 Å². The van der Waals surface area contributed by atoms with Gasteiger partial charge in [0.1, 0.15) is 5.60 Å². The Morgan fingerprint density at radius 3 is 2.32 bits per heavy atom. The summed E-state index contributed by atoms with van der Waals surface area (Å²) in [5.41, 5.74) is 0.312. The normalized spacial score (nSPS) is 18.6. The van der Waals surface area contributed by atoms with Crippen LogP contribution in [0.25, 0.3) is 0 Å². The van der Waals surface area contributed by atoms with Gasteiger partial charge in [0.2, 0.25) is 0 Å². The monoisotopic (exact) mass is 429 g/mol. The summed E-state index contributed by atoms with van der Waals surface area (Å²) in [4.78, 5) is 18.5. The lowest BCUT2D eigenvalue weighted by atomic mass is 9.88. The van der Waals surface area contributed by atoms with Gasteiger partial charge in [-0.05, 0) is 72.4 Å². The summed E-state index contributed by atoms with van der Waals surface area (Å²) in [6.07, 6.45) is 2.89. The average molecular weight is 430 g/mol. The third kappa shape index (κ3) is 6.71. The number of nitrogens with one attached hydrogen (secondary N) is 1. The smallest absolute Gasteiger partial charge is 0.410 e. The van der Waals surface area contributed by atoms with Gasteiger partial charge in [0.15, 0.2) is 0 Å². The molecule has 0 saturated carbocycles. The topological polar surface area (TPSA) is 71.5 Å². The number of hydrogen-bond acceptors (Lipinski definition) is 4. The van der Waals surface area contributed by atoms with E-state index in [4.69, 9.17) is 16.3 Å². The van der Waals surface area contributed by atoms with E-state index in [2.05, 4.69) is 9.71 Å². The Kier molecular flexibility index (Phi) is 7.50. The van der Waals surface area contributed by atoms with Crippen LogP contribution in [-0.4, -0.2) is 43.6 Å². The molecule has 0 aromatic carbocycles. The number of nitrogens with zero attached hydrogens (tertiary/aromatic N) is 2. The van der Waals surface area contributed by atoms with E-state index in [1.54, 1.807) is 17.2 Å². The van der Waals surface area contributed by atoms with Crippen LogP contribution in [-0.2, 0) is 15.7 Å². The summed E-state index contributed by atoms with van der Waals surface area (Å²) in [5.74, 6) is 0.207. The van der Waals surface area contributed by atoms with E-state index in [-0.39, 0.29) is 22.8 Å². The minimum absolute atomic E-state index is 0.168. The number of piperidine rings is 1. The van der Waals surface area contributed by atoms with Crippen LogP contribution >= 0.6 is 11.6 Å². The summed E-state index contributed by atoms with van der Waals surface area (Å²) in [7, 11) is -1.23. The Morgan fingerprint density at radius 1 is 1.25 bits per heavy atom. The van der Waals surface area contributed by atoms with Crippen molar-refractivity contribution in [1.82, 2.24) is 14.6 Å². The van der Waals surface area contributed by atoms with Gasteiger partial charge >= 0.3 is 6.09 Å². The summed E-state index contributed by atoms with van der Waals surface area (Å²) in [6.45, 7) is 12.6. The highest BCUT2D eigenvalue weighted by molar-refractivity contribution is 7.84. The summed E-state index contributed by atoms with van der Waals surface area (Å²) in [6, 6.07) is 3.51. The van der Waals surface area contributed by atoms with Crippen molar-refractivity contribution < 1.29 is 13.7 Å². The first-order valence-electron chi connectivity index (χ1n) is 9.64. The fourth-order valence-corrected chi connectivity index (χ4v) is 4.01. The van der Waals surface area contributed by atoms with Gasteiger partial charge in [0.05, 0.1) is 32.5 Å². The van der Waals surface area contributed by atoms with Gasteiger partial charge in [0.25, 0.3) is 0 Å². The highest BCUT2D eigenvalue weighted by Gasteiger charge is 2.34. The fourth-order valence-electron chi connectivity index (χ4n) is 3.00. The minimum Gasteiger partial charge on any atom is -0.444 e. The maximum Gasteiger partial charge on any atom is 0.410 e. The van der Waals surface area contributed by atoms with Crippen LogP contribution in [0, 0.1) is 5.92 Å². The highest BCUT2D eigenvalue weighted by atomic mass is 35.5. The number of carbonyl (C=O) groups excluding carboxylic acids is 1. The van der Waals surface area contributed by atoms with Crippen molar-refractivity contribution >= 4 is 28.7 Å². The standard InChI is InChI=1S/C20H32ClN3O3S/c1-19(2,3)27-18(25)24-11-9-14(10-12-24)17(23-28(26)20(4,5)6)16-8-7-15(21)13-22-16/h7-8,13-14,17,23H,9-12H2,1-6H3/t17-,28-/m0/s1. The van der Waals surface area contributed by atoms with Crippen molar-refractivity contribution in [3.63, 3.8) is 0 Å². The number of amides is 1. The zero-order valence-electron chi connectivity index (χ0n) is 17.6. The molecule has 0 unspecified atom stereocenters. The molecule has 1 fully saturated rings. The fraction of sp³-hybridized carbons (Fsp3) is 0.700. The van der Waals surface area contributed by atoms with Gasteiger partial charge in [-0.3, -0.25) is 4.98 Å².